The summed E-state index contributed by atoms with van der Waals surface area (Å²) >= 11 is 1.32. The fraction of sp³-hybridized carbons (Fsp3) is 0.353. The van der Waals surface area contributed by atoms with Crippen LogP contribution in [0.5, 0.6) is 0 Å². The summed E-state index contributed by atoms with van der Waals surface area (Å²) in [6.45, 7) is 1.68. The van der Waals surface area contributed by atoms with Gasteiger partial charge in [0.2, 0.25) is 11.8 Å². The zero-order valence-corrected chi connectivity index (χ0v) is 14.1. The van der Waals surface area contributed by atoms with Gasteiger partial charge in [-0.05, 0) is 18.4 Å². The lowest BCUT2D eigenvalue weighted by Gasteiger charge is -2.15. The summed E-state index contributed by atoms with van der Waals surface area (Å²) in [5, 5.41) is 3.37. The van der Waals surface area contributed by atoms with E-state index in [9.17, 15) is 9.59 Å². The van der Waals surface area contributed by atoms with Crippen molar-refractivity contribution in [3.63, 3.8) is 0 Å². The molecule has 0 saturated carbocycles. The van der Waals surface area contributed by atoms with Crippen molar-refractivity contribution < 1.29 is 9.59 Å². The standard InChI is InChI=1S/C17H20N4O2S/c22-15(18-11-16(23)21-8-4-5-9-21)12-24-17-19-10-14(20-17)13-6-2-1-3-7-13/h1-3,6-7,10H,4-5,8-9,11-12H2,(H,18,22)(H,19,20). The van der Waals surface area contributed by atoms with Crippen LogP contribution in [-0.4, -0.2) is 52.1 Å². The Balaban J connectivity index is 1.43. The molecule has 7 heteroatoms. The van der Waals surface area contributed by atoms with Gasteiger partial charge in [0.15, 0.2) is 5.16 Å². The Kier molecular flexibility index (Phi) is 5.53. The molecular formula is C17H20N4O2S. The molecule has 0 bridgehead atoms. The number of nitrogens with zero attached hydrogens (tertiary/aromatic N) is 2. The smallest absolute Gasteiger partial charge is 0.241 e. The Morgan fingerprint density at radius 3 is 2.71 bits per heavy atom. The van der Waals surface area contributed by atoms with Gasteiger partial charge < -0.3 is 15.2 Å². The summed E-state index contributed by atoms with van der Waals surface area (Å²) in [5.74, 6) is 0.0649. The monoisotopic (exact) mass is 344 g/mol. The molecule has 126 valence electrons. The van der Waals surface area contributed by atoms with Crippen LogP contribution in [0, 0.1) is 0 Å². The van der Waals surface area contributed by atoms with Crippen molar-refractivity contribution in [1.29, 1.82) is 0 Å². The highest BCUT2D eigenvalue weighted by Crippen LogP contribution is 2.20. The third-order valence-electron chi connectivity index (χ3n) is 3.87. The molecule has 3 rings (SSSR count). The molecule has 2 N–H and O–H groups in total. The van der Waals surface area contributed by atoms with Gasteiger partial charge in [0.1, 0.15) is 0 Å². The molecule has 2 amide bonds. The molecule has 6 nitrogen and oxygen atoms in total. The van der Waals surface area contributed by atoms with Crippen LogP contribution in [0.3, 0.4) is 0 Å². The maximum Gasteiger partial charge on any atom is 0.241 e. The van der Waals surface area contributed by atoms with E-state index >= 15 is 0 Å². The Labute approximate surface area is 145 Å². The number of H-pyrrole nitrogens is 1. The number of likely N-dealkylation sites (tertiary alicyclic amines) is 1. The van der Waals surface area contributed by atoms with Gasteiger partial charge in [-0.2, -0.15) is 0 Å². The summed E-state index contributed by atoms with van der Waals surface area (Å²) in [6.07, 6.45) is 3.86. The molecule has 1 aliphatic heterocycles. The summed E-state index contributed by atoms with van der Waals surface area (Å²) < 4.78 is 0. The summed E-state index contributed by atoms with van der Waals surface area (Å²) in [7, 11) is 0. The number of amides is 2. The van der Waals surface area contributed by atoms with Crippen molar-refractivity contribution >= 4 is 23.6 Å². The van der Waals surface area contributed by atoms with Crippen LogP contribution in [0.4, 0.5) is 0 Å². The van der Waals surface area contributed by atoms with Crippen LogP contribution in [0.25, 0.3) is 11.3 Å². The molecule has 1 aromatic heterocycles. The third-order valence-corrected chi connectivity index (χ3v) is 4.76. The van der Waals surface area contributed by atoms with E-state index in [4.69, 9.17) is 0 Å². The van der Waals surface area contributed by atoms with Crippen LogP contribution in [0.1, 0.15) is 12.8 Å². The first kappa shape index (κ1) is 16.6. The van der Waals surface area contributed by atoms with E-state index in [0.717, 1.165) is 37.2 Å². The number of carbonyl (C=O) groups is 2. The van der Waals surface area contributed by atoms with E-state index in [-0.39, 0.29) is 24.1 Å². The van der Waals surface area contributed by atoms with E-state index in [1.807, 2.05) is 30.3 Å². The third kappa shape index (κ3) is 4.38. The maximum atomic E-state index is 11.9. The molecule has 1 saturated heterocycles. The topological polar surface area (TPSA) is 78.1 Å². The Hall–Kier alpha value is -2.28. The van der Waals surface area contributed by atoms with Gasteiger partial charge >= 0.3 is 0 Å². The number of hydrogen-bond donors (Lipinski definition) is 2. The molecular weight excluding hydrogens is 324 g/mol. The highest BCUT2D eigenvalue weighted by molar-refractivity contribution is 7.99. The second-order valence-corrected chi connectivity index (χ2v) is 6.59. The molecule has 0 aliphatic carbocycles. The minimum atomic E-state index is -0.162. The number of imidazole rings is 1. The Morgan fingerprint density at radius 2 is 1.96 bits per heavy atom. The fourth-order valence-corrected chi connectivity index (χ4v) is 3.26. The molecule has 2 aromatic rings. The number of aromatic nitrogens is 2. The van der Waals surface area contributed by atoms with Crippen molar-refractivity contribution in [2.24, 2.45) is 0 Å². The summed E-state index contributed by atoms with van der Waals surface area (Å²) in [5.41, 5.74) is 1.97. The Bertz CT molecular complexity index is 696. The highest BCUT2D eigenvalue weighted by Gasteiger charge is 2.18. The largest absolute Gasteiger partial charge is 0.346 e. The number of benzene rings is 1. The second kappa shape index (κ2) is 8.01. The van der Waals surface area contributed by atoms with E-state index in [1.54, 1.807) is 11.1 Å². The van der Waals surface area contributed by atoms with Gasteiger partial charge in [0, 0.05) is 13.1 Å². The van der Waals surface area contributed by atoms with E-state index in [1.165, 1.54) is 11.8 Å². The molecule has 1 aliphatic rings. The SMILES string of the molecule is O=C(CSc1ncc(-c2ccccc2)[nH]1)NCC(=O)N1CCCC1. The maximum absolute atomic E-state index is 11.9. The van der Waals surface area contributed by atoms with Gasteiger partial charge in [0.25, 0.3) is 0 Å². The van der Waals surface area contributed by atoms with E-state index in [0.29, 0.717) is 5.16 Å². The molecule has 2 heterocycles. The van der Waals surface area contributed by atoms with Gasteiger partial charge in [-0.1, -0.05) is 42.1 Å². The van der Waals surface area contributed by atoms with Gasteiger partial charge in [-0.25, -0.2) is 4.98 Å². The van der Waals surface area contributed by atoms with Crippen molar-refractivity contribution in [2.45, 2.75) is 18.0 Å². The number of carbonyl (C=O) groups excluding carboxylic acids is 2. The van der Waals surface area contributed by atoms with Crippen LogP contribution in [0.2, 0.25) is 0 Å². The van der Waals surface area contributed by atoms with Crippen LogP contribution in [0.15, 0.2) is 41.7 Å². The predicted molar refractivity (Wildman–Crippen MR) is 93.6 cm³/mol. The zero-order valence-electron chi connectivity index (χ0n) is 13.3. The number of rotatable bonds is 6. The molecule has 1 aromatic carbocycles. The summed E-state index contributed by atoms with van der Waals surface area (Å²) in [6, 6.07) is 9.89. The van der Waals surface area contributed by atoms with Crippen LogP contribution in [-0.2, 0) is 9.59 Å². The van der Waals surface area contributed by atoms with E-state index in [2.05, 4.69) is 15.3 Å². The average Bonchev–Trinajstić information content (AvgIpc) is 3.30. The molecule has 1 fully saturated rings. The average molecular weight is 344 g/mol. The summed E-state index contributed by atoms with van der Waals surface area (Å²) in [4.78, 5) is 33.0. The van der Waals surface area contributed by atoms with Crippen molar-refractivity contribution in [2.75, 3.05) is 25.4 Å². The Morgan fingerprint density at radius 1 is 1.21 bits per heavy atom. The first-order chi connectivity index (χ1) is 11.7. The quantitative estimate of drug-likeness (QED) is 0.785. The minimum absolute atomic E-state index is 0.00443. The van der Waals surface area contributed by atoms with Gasteiger partial charge in [-0.3, -0.25) is 9.59 Å². The predicted octanol–water partition coefficient (Wildman–Crippen LogP) is 1.91. The van der Waals surface area contributed by atoms with E-state index < -0.39 is 0 Å². The molecule has 0 spiro atoms. The fourth-order valence-electron chi connectivity index (χ4n) is 2.58. The van der Waals surface area contributed by atoms with Gasteiger partial charge in [0.05, 0.1) is 24.2 Å². The van der Waals surface area contributed by atoms with Crippen LogP contribution < -0.4 is 5.32 Å². The zero-order chi connectivity index (χ0) is 16.8. The van der Waals surface area contributed by atoms with Crippen LogP contribution >= 0.6 is 11.8 Å². The van der Waals surface area contributed by atoms with Crippen molar-refractivity contribution in [3.05, 3.63) is 36.5 Å². The molecule has 0 radical (unpaired) electrons. The first-order valence-electron chi connectivity index (χ1n) is 8.00. The lowest BCUT2D eigenvalue weighted by atomic mass is 10.2. The number of thioether (sulfide) groups is 1. The lowest BCUT2D eigenvalue weighted by Crippen LogP contribution is -2.39. The second-order valence-electron chi connectivity index (χ2n) is 5.62. The first-order valence-corrected chi connectivity index (χ1v) is 8.98. The molecule has 24 heavy (non-hydrogen) atoms. The normalized spacial score (nSPS) is 13.9. The molecule has 0 atom stereocenters. The molecule has 0 unspecified atom stereocenters. The minimum Gasteiger partial charge on any atom is -0.346 e. The number of aromatic amines is 1. The number of nitrogens with one attached hydrogen (secondary N) is 2. The lowest BCUT2D eigenvalue weighted by molar-refractivity contribution is -0.131. The number of hydrogen-bond acceptors (Lipinski definition) is 4. The highest BCUT2D eigenvalue weighted by atomic mass is 32.2. The van der Waals surface area contributed by atoms with Crippen molar-refractivity contribution in [3.8, 4) is 11.3 Å². The van der Waals surface area contributed by atoms with Gasteiger partial charge in [-0.15, -0.1) is 0 Å². The van der Waals surface area contributed by atoms with Crippen molar-refractivity contribution in [1.82, 2.24) is 20.2 Å².